The molecule has 0 radical (unpaired) electrons. The minimum atomic E-state index is -4.05. The molecule has 4 rings (SSSR count). The molecular weight excluding hydrogens is 567 g/mol. The summed E-state index contributed by atoms with van der Waals surface area (Å²) in [5.41, 5.74) is 0.900. The molecule has 0 unspecified atom stereocenters. The highest BCUT2D eigenvalue weighted by Gasteiger charge is 2.34. The molecule has 0 amide bonds. The molecule has 4 aromatic rings. The molecule has 0 fully saturated rings. The van der Waals surface area contributed by atoms with E-state index in [1.807, 2.05) is 98.8 Å². The van der Waals surface area contributed by atoms with E-state index in [1.54, 1.807) is 0 Å². The zero-order chi connectivity index (χ0) is 31.1. The van der Waals surface area contributed by atoms with Crippen LogP contribution in [0.3, 0.4) is 0 Å². The summed E-state index contributed by atoms with van der Waals surface area (Å²) < 4.78 is 61.4. The lowest BCUT2D eigenvalue weighted by Crippen LogP contribution is -2.38. The normalized spacial score (nSPS) is 13.5. The smallest absolute Gasteiger partial charge is 0.243 e. The SMILES string of the molecule is CNc1ccc2ccc3c(S(=O)(=O)N(CC(C)C)CC(C)C)cc(S(=O)(=O)N(CC(C)C)CC(C)C)c4ccc1c2c34. The molecule has 4 aromatic carbocycles. The third kappa shape index (κ3) is 6.11. The van der Waals surface area contributed by atoms with Gasteiger partial charge in [0.2, 0.25) is 20.0 Å². The highest BCUT2D eigenvalue weighted by atomic mass is 32.2. The zero-order valence-electron chi connectivity index (χ0n) is 26.5. The molecule has 0 aliphatic carbocycles. The summed E-state index contributed by atoms with van der Waals surface area (Å²) in [6.45, 7) is 17.4. The van der Waals surface area contributed by atoms with Crippen LogP contribution in [0.5, 0.6) is 0 Å². The lowest BCUT2D eigenvalue weighted by molar-refractivity contribution is 0.332. The average Bonchev–Trinajstić information content (AvgIpc) is 2.89. The minimum absolute atomic E-state index is 0.0492. The van der Waals surface area contributed by atoms with Crippen molar-refractivity contribution in [1.29, 1.82) is 0 Å². The summed E-state index contributed by atoms with van der Waals surface area (Å²) in [5.74, 6) is 0.416. The van der Waals surface area contributed by atoms with Gasteiger partial charge in [-0.2, -0.15) is 8.61 Å². The number of rotatable bonds is 13. The van der Waals surface area contributed by atoms with Crippen molar-refractivity contribution in [2.75, 3.05) is 38.5 Å². The van der Waals surface area contributed by atoms with Crippen LogP contribution in [0.1, 0.15) is 55.4 Å². The van der Waals surface area contributed by atoms with Crippen LogP contribution in [0.15, 0.2) is 52.3 Å². The van der Waals surface area contributed by atoms with Crippen LogP contribution in [0.25, 0.3) is 32.3 Å². The Morgan fingerprint density at radius 1 is 0.571 bits per heavy atom. The van der Waals surface area contributed by atoms with Gasteiger partial charge in [-0.3, -0.25) is 0 Å². The first-order chi connectivity index (χ1) is 19.6. The van der Waals surface area contributed by atoms with Crippen molar-refractivity contribution in [2.45, 2.75) is 65.2 Å². The van der Waals surface area contributed by atoms with Crippen molar-refractivity contribution in [3.05, 3.63) is 42.5 Å². The Morgan fingerprint density at radius 3 is 1.36 bits per heavy atom. The van der Waals surface area contributed by atoms with E-state index in [2.05, 4.69) is 5.32 Å². The number of nitrogens with one attached hydrogen (secondary N) is 1. The van der Waals surface area contributed by atoms with Crippen molar-refractivity contribution in [2.24, 2.45) is 23.7 Å². The van der Waals surface area contributed by atoms with Gasteiger partial charge in [0.25, 0.3) is 0 Å². The molecule has 42 heavy (non-hydrogen) atoms. The summed E-state index contributed by atoms with van der Waals surface area (Å²) in [6.07, 6.45) is 0. The monoisotopic (exact) mass is 613 g/mol. The molecular formula is C33H47N3O4S2. The average molecular weight is 614 g/mol. The molecule has 7 nitrogen and oxygen atoms in total. The van der Waals surface area contributed by atoms with E-state index in [0.717, 1.165) is 21.8 Å². The number of sulfonamides is 2. The van der Waals surface area contributed by atoms with Crippen LogP contribution < -0.4 is 5.32 Å². The van der Waals surface area contributed by atoms with E-state index < -0.39 is 20.0 Å². The number of nitrogens with zero attached hydrogens (tertiary/aromatic N) is 2. The summed E-state index contributed by atoms with van der Waals surface area (Å²) >= 11 is 0. The van der Waals surface area contributed by atoms with E-state index in [-0.39, 0.29) is 33.5 Å². The first-order valence-electron chi connectivity index (χ1n) is 15.0. The number of hydrogen-bond donors (Lipinski definition) is 1. The van der Waals surface area contributed by atoms with Crippen LogP contribution in [0, 0.1) is 23.7 Å². The Bertz CT molecular complexity index is 1680. The summed E-state index contributed by atoms with van der Waals surface area (Å²) in [4.78, 5) is 0.0985. The Labute approximate surface area is 252 Å². The summed E-state index contributed by atoms with van der Waals surface area (Å²) in [5, 5.41) is 7.73. The van der Waals surface area contributed by atoms with Gasteiger partial charge in [0.15, 0.2) is 0 Å². The molecule has 230 valence electrons. The van der Waals surface area contributed by atoms with E-state index in [4.69, 9.17) is 0 Å². The molecule has 0 saturated carbocycles. The van der Waals surface area contributed by atoms with Gasteiger partial charge < -0.3 is 5.32 Å². The second-order valence-electron chi connectivity index (χ2n) is 13.2. The fourth-order valence-corrected chi connectivity index (χ4v) is 9.97. The van der Waals surface area contributed by atoms with Crippen molar-refractivity contribution in [3.63, 3.8) is 0 Å². The van der Waals surface area contributed by atoms with Crippen molar-refractivity contribution < 1.29 is 16.8 Å². The lowest BCUT2D eigenvalue weighted by atomic mass is 9.93. The van der Waals surface area contributed by atoms with Crippen LogP contribution in [-0.2, 0) is 20.0 Å². The third-order valence-electron chi connectivity index (χ3n) is 7.49. The number of hydrogen-bond acceptors (Lipinski definition) is 5. The summed E-state index contributed by atoms with van der Waals surface area (Å²) in [7, 11) is -6.25. The fourth-order valence-electron chi connectivity index (χ4n) is 5.93. The highest BCUT2D eigenvalue weighted by molar-refractivity contribution is 7.90. The van der Waals surface area contributed by atoms with E-state index in [1.165, 1.54) is 14.7 Å². The topological polar surface area (TPSA) is 86.8 Å². The van der Waals surface area contributed by atoms with Crippen molar-refractivity contribution in [3.8, 4) is 0 Å². The van der Waals surface area contributed by atoms with Gasteiger partial charge in [0.05, 0.1) is 9.79 Å². The Hall–Kier alpha value is -2.46. The zero-order valence-corrected chi connectivity index (χ0v) is 28.2. The molecule has 0 aliphatic rings. The molecule has 0 saturated heterocycles. The quantitative estimate of drug-likeness (QED) is 0.161. The summed E-state index contributed by atoms with van der Waals surface area (Å²) in [6, 6.07) is 13.0. The standard InChI is InChI=1S/C33H47N3O4S2/c1-21(2)17-35(18-22(3)4)41(37,38)30-16-31(42(39,40)36(19-23(5)6)20-24(7)8)28-14-13-26-29(34-9)15-11-25-10-12-27(30)33(28)32(25)26/h10-16,21-24,34H,17-20H2,1-9H3. The van der Waals surface area contributed by atoms with Gasteiger partial charge in [-0.15, -0.1) is 0 Å². The molecule has 0 aliphatic heterocycles. The van der Waals surface area contributed by atoms with E-state index >= 15 is 0 Å². The minimum Gasteiger partial charge on any atom is -0.388 e. The third-order valence-corrected chi connectivity index (χ3v) is 11.2. The van der Waals surface area contributed by atoms with Gasteiger partial charge in [-0.05, 0) is 46.6 Å². The largest absolute Gasteiger partial charge is 0.388 e. The van der Waals surface area contributed by atoms with Gasteiger partial charge in [0.1, 0.15) is 0 Å². The predicted molar refractivity (Wildman–Crippen MR) is 177 cm³/mol. The molecule has 0 spiro atoms. The fraction of sp³-hybridized carbons (Fsp3) is 0.515. The maximum Gasteiger partial charge on any atom is 0.243 e. The Morgan fingerprint density at radius 2 is 0.952 bits per heavy atom. The van der Waals surface area contributed by atoms with Gasteiger partial charge >= 0.3 is 0 Å². The number of benzene rings is 4. The highest BCUT2D eigenvalue weighted by Crippen LogP contribution is 2.43. The Balaban J connectivity index is 2.17. The van der Waals surface area contributed by atoms with Crippen molar-refractivity contribution >= 4 is 58.1 Å². The molecule has 0 heterocycles. The Kier molecular flexibility index (Phi) is 9.48. The first-order valence-corrected chi connectivity index (χ1v) is 17.9. The van der Waals surface area contributed by atoms with Gasteiger partial charge in [-0.25, -0.2) is 16.8 Å². The van der Waals surface area contributed by atoms with E-state index in [9.17, 15) is 16.8 Å². The second-order valence-corrected chi connectivity index (χ2v) is 17.0. The van der Waals surface area contributed by atoms with Crippen LogP contribution >= 0.6 is 0 Å². The second kappa shape index (κ2) is 12.3. The molecule has 0 bridgehead atoms. The maximum absolute atomic E-state index is 14.6. The number of anilines is 1. The van der Waals surface area contributed by atoms with Crippen LogP contribution in [0.2, 0.25) is 0 Å². The molecule has 0 atom stereocenters. The van der Waals surface area contributed by atoms with Crippen molar-refractivity contribution in [1.82, 2.24) is 8.61 Å². The van der Waals surface area contributed by atoms with Gasteiger partial charge in [0, 0.05) is 60.5 Å². The maximum atomic E-state index is 14.6. The van der Waals surface area contributed by atoms with Gasteiger partial charge in [-0.1, -0.05) is 85.7 Å². The molecule has 1 N–H and O–H groups in total. The van der Waals surface area contributed by atoms with Crippen LogP contribution in [-0.4, -0.2) is 58.7 Å². The molecule has 0 aromatic heterocycles. The predicted octanol–water partition coefficient (Wildman–Crippen LogP) is 7.23. The first kappa shape index (κ1) is 32.5. The molecule has 9 heteroatoms. The van der Waals surface area contributed by atoms with E-state index in [0.29, 0.717) is 42.3 Å². The van der Waals surface area contributed by atoms with Crippen LogP contribution in [0.4, 0.5) is 5.69 Å². The lowest BCUT2D eigenvalue weighted by Gasteiger charge is -2.29.